The summed E-state index contributed by atoms with van der Waals surface area (Å²) in [6.45, 7) is 5.75. The van der Waals surface area contributed by atoms with Crippen LogP contribution in [0, 0.1) is 25.1 Å². The number of rotatable bonds is 3. The van der Waals surface area contributed by atoms with Crippen LogP contribution in [0.4, 0.5) is 4.39 Å². The van der Waals surface area contributed by atoms with Crippen molar-refractivity contribution < 1.29 is 19.1 Å². The van der Waals surface area contributed by atoms with E-state index in [0.29, 0.717) is 13.0 Å². The maximum Gasteiger partial charge on any atom is 0.311 e. The molecule has 7 heteroatoms. The summed E-state index contributed by atoms with van der Waals surface area (Å²) in [6, 6.07) is 6.10. The van der Waals surface area contributed by atoms with E-state index in [1.165, 1.54) is 21.7 Å². The molecule has 0 unspecified atom stereocenters. The van der Waals surface area contributed by atoms with Crippen LogP contribution < -0.4 is 0 Å². The molecule has 0 saturated carbocycles. The van der Waals surface area contributed by atoms with Crippen molar-refractivity contribution in [3.8, 4) is 5.69 Å². The number of aliphatic carboxylic acids is 1. The summed E-state index contributed by atoms with van der Waals surface area (Å²) in [6.07, 6.45) is 0.389. The Morgan fingerprint density at radius 2 is 2.00 bits per heavy atom. The molecule has 1 aromatic heterocycles. The number of carbonyl (C=O) groups excluding carboxylic acids is 1. The maximum atomic E-state index is 14.5. The van der Waals surface area contributed by atoms with Crippen LogP contribution in [0.5, 0.6) is 0 Å². The van der Waals surface area contributed by atoms with Crippen LogP contribution in [0.1, 0.15) is 35.1 Å². The number of amides is 1. The summed E-state index contributed by atoms with van der Waals surface area (Å²) in [5.41, 5.74) is 1.11. The lowest BCUT2D eigenvalue weighted by Gasteiger charge is -2.20. The average molecular weight is 345 g/mol. The molecule has 1 aliphatic rings. The molecule has 0 spiro atoms. The zero-order chi connectivity index (χ0) is 18.4. The molecule has 1 aromatic carbocycles. The Hall–Kier alpha value is -2.70. The molecular weight excluding hydrogens is 325 g/mol. The molecule has 25 heavy (non-hydrogen) atoms. The molecule has 0 aliphatic carbocycles. The van der Waals surface area contributed by atoms with Gasteiger partial charge in [0, 0.05) is 24.3 Å². The van der Waals surface area contributed by atoms with Gasteiger partial charge in [-0.2, -0.15) is 5.10 Å². The average Bonchev–Trinajstić information content (AvgIpc) is 3.10. The van der Waals surface area contributed by atoms with E-state index in [9.17, 15) is 19.1 Å². The number of hydrogen-bond donors (Lipinski definition) is 1. The Kier molecular flexibility index (Phi) is 4.10. The summed E-state index contributed by atoms with van der Waals surface area (Å²) < 4.78 is 16.0. The van der Waals surface area contributed by atoms with Gasteiger partial charge in [-0.15, -0.1) is 0 Å². The van der Waals surface area contributed by atoms with Crippen molar-refractivity contribution in [3.05, 3.63) is 47.0 Å². The predicted octanol–water partition coefficient (Wildman–Crippen LogP) is 2.57. The van der Waals surface area contributed by atoms with Crippen molar-refractivity contribution in [3.63, 3.8) is 0 Å². The number of hydrogen-bond acceptors (Lipinski definition) is 3. The molecular formula is C18H20FN3O3. The highest BCUT2D eigenvalue weighted by Gasteiger charge is 2.42. The zero-order valence-electron chi connectivity index (χ0n) is 14.4. The van der Waals surface area contributed by atoms with Crippen molar-refractivity contribution in [2.75, 3.05) is 13.1 Å². The van der Waals surface area contributed by atoms with Gasteiger partial charge in [0.1, 0.15) is 11.5 Å². The van der Waals surface area contributed by atoms with Gasteiger partial charge in [0.25, 0.3) is 5.91 Å². The van der Waals surface area contributed by atoms with E-state index in [4.69, 9.17) is 0 Å². The zero-order valence-corrected chi connectivity index (χ0v) is 14.4. The predicted molar refractivity (Wildman–Crippen MR) is 89.3 cm³/mol. The quantitative estimate of drug-likeness (QED) is 0.928. The molecule has 2 heterocycles. The largest absolute Gasteiger partial charge is 0.481 e. The number of benzene rings is 1. The second kappa shape index (κ2) is 5.98. The molecule has 1 atom stereocenters. The van der Waals surface area contributed by atoms with Gasteiger partial charge in [-0.1, -0.05) is 0 Å². The second-order valence-corrected chi connectivity index (χ2v) is 6.85. The minimum atomic E-state index is -0.947. The topological polar surface area (TPSA) is 75.4 Å². The van der Waals surface area contributed by atoms with E-state index >= 15 is 0 Å². The first-order chi connectivity index (χ1) is 11.7. The highest BCUT2D eigenvalue weighted by Crippen LogP contribution is 2.31. The third-order valence-corrected chi connectivity index (χ3v) is 4.71. The smallest absolute Gasteiger partial charge is 0.311 e. The number of aryl methyl sites for hydroxylation is 2. The van der Waals surface area contributed by atoms with Crippen LogP contribution in [0.2, 0.25) is 0 Å². The molecule has 6 nitrogen and oxygen atoms in total. The first kappa shape index (κ1) is 17.1. The van der Waals surface area contributed by atoms with E-state index in [1.807, 2.05) is 19.9 Å². The Bertz CT molecular complexity index is 861. The third kappa shape index (κ3) is 3.01. The Labute approximate surface area is 144 Å². The van der Waals surface area contributed by atoms with Crippen LogP contribution in [0.15, 0.2) is 24.3 Å². The Morgan fingerprint density at radius 3 is 2.52 bits per heavy atom. The first-order valence-corrected chi connectivity index (χ1v) is 8.07. The van der Waals surface area contributed by atoms with Crippen LogP contribution >= 0.6 is 0 Å². The van der Waals surface area contributed by atoms with Crippen molar-refractivity contribution in [2.45, 2.75) is 27.2 Å². The standard InChI is InChI=1S/C18H20FN3O3/c1-11-8-12(2)22(20-11)15-5-4-13(9-14(15)19)16(23)21-7-6-18(3,10-21)17(24)25/h4-5,8-9H,6-7,10H2,1-3H3,(H,24,25)/t18-/m1/s1. The monoisotopic (exact) mass is 345 g/mol. The Morgan fingerprint density at radius 1 is 1.28 bits per heavy atom. The second-order valence-electron chi connectivity index (χ2n) is 6.85. The van der Waals surface area contributed by atoms with Gasteiger partial charge in [-0.25, -0.2) is 9.07 Å². The highest BCUT2D eigenvalue weighted by molar-refractivity contribution is 5.95. The minimum absolute atomic E-state index is 0.127. The molecule has 1 fully saturated rings. The number of carboxylic acids is 1. The summed E-state index contributed by atoms with van der Waals surface area (Å²) in [5.74, 6) is -1.82. The number of carboxylic acid groups (broad SMARTS) is 1. The van der Waals surface area contributed by atoms with Gasteiger partial charge in [-0.3, -0.25) is 9.59 Å². The fourth-order valence-electron chi connectivity index (χ4n) is 3.18. The normalized spacial score (nSPS) is 20.1. The lowest BCUT2D eigenvalue weighted by Crippen LogP contribution is -2.34. The first-order valence-electron chi connectivity index (χ1n) is 8.07. The van der Waals surface area contributed by atoms with Crippen molar-refractivity contribution in [2.24, 2.45) is 5.41 Å². The molecule has 132 valence electrons. The maximum absolute atomic E-state index is 14.5. The van der Waals surface area contributed by atoms with Crippen LogP contribution in [-0.2, 0) is 4.79 Å². The van der Waals surface area contributed by atoms with E-state index in [1.54, 1.807) is 13.0 Å². The summed E-state index contributed by atoms with van der Waals surface area (Å²) >= 11 is 0. The Balaban J connectivity index is 1.85. The van der Waals surface area contributed by atoms with Gasteiger partial charge < -0.3 is 10.0 Å². The van der Waals surface area contributed by atoms with Gasteiger partial charge in [0.15, 0.2) is 0 Å². The van der Waals surface area contributed by atoms with E-state index in [0.717, 1.165) is 11.4 Å². The van der Waals surface area contributed by atoms with Crippen molar-refractivity contribution in [1.82, 2.24) is 14.7 Å². The summed E-state index contributed by atoms with van der Waals surface area (Å²) in [4.78, 5) is 25.3. The molecule has 1 aliphatic heterocycles. The number of carbonyl (C=O) groups is 2. The summed E-state index contributed by atoms with van der Waals surface area (Å²) in [5, 5.41) is 13.5. The van der Waals surface area contributed by atoms with Crippen LogP contribution in [0.3, 0.4) is 0 Å². The fraction of sp³-hybridized carbons (Fsp3) is 0.389. The third-order valence-electron chi connectivity index (χ3n) is 4.71. The molecule has 1 N–H and O–H groups in total. The van der Waals surface area contributed by atoms with Crippen LogP contribution in [-0.4, -0.2) is 44.8 Å². The van der Waals surface area contributed by atoms with Crippen LogP contribution in [0.25, 0.3) is 5.69 Å². The minimum Gasteiger partial charge on any atom is -0.481 e. The SMILES string of the molecule is Cc1cc(C)n(-c2ccc(C(=O)N3CC[C@@](C)(C(=O)O)C3)cc2F)n1. The number of halogens is 1. The molecule has 1 amide bonds. The van der Waals surface area contributed by atoms with Gasteiger partial charge >= 0.3 is 5.97 Å². The molecule has 1 saturated heterocycles. The van der Waals surface area contributed by atoms with Crippen molar-refractivity contribution >= 4 is 11.9 Å². The van der Waals surface area contributed by atoms with Gasteiger partial charge in [0.05, 0.1) is 11.1 Å². The van der Waals surface area contributed by atoms with E-state index in [-0.39, 0.29) is 23.7 Å². The highest BCUT2D eigenvalue weighted by atomic mass is 19.1. The van der Waals surface area contributed by atoms with E-state index < -0.39 is 17.2 Å². The lowest BCUT2D eigenvalue weighted by molar-refractivity contribution is -0.147. The molecule has 0 radical (unpaired) electrons. The molecule has 3 rings (SSSR count). The lowest BCUT2D eigenvalue weighted by atomic mass is 9.90. The fourth-order valence-corrected chi connectivity index (χ4v) is 3.18. The van der Waals surface area contributed by atoms with Gasteiger partial charge in [-0.05, 0) is 51.5 Å². The van der Waals surface area contributed by atoms with Gasteiger partial charge in [0.2, 0.25) is 0 Å². The summed E-state index contributed by atoms with van der Waals surface area (Å²) in [7, 11) is 0. The van der Waals surface area contributed by atoms with E-state index in [2.05, 4.69) is 5.10 Å². The number of aromatic nitrogens is 2. The number of nitrogens with zero attached hydrogens (tertiary/aromatic N) is 3. The molecule has 2 aromatic rings. The molecule has 0 bridgehead atoms. The number of likely N-dealkylation sites (tertiary alicyclic amines) is 1. The van der Waals surface area contributed by atoms with Crippen molar-refractivity contribution in [1.29, 1.82) is 0 Å².